The zero-order valence-electron chi connectivity index (χ0n) is 19.7. The van der Waals surface area contributed by atoms with E-state index in [9.17, 15) is 9.59 Å². The molecule has 7 heteroatoms. The summed E-state index contributed by atoms with van der Waals surface area (Å²) in [7, 11) is 1.61. The van der Waals surface area contributed by atoms with Crippen LogP contribution in [0.25, 0.3) is 0 Å². The lowest BCUT2D eigenvalue weighted by Crippen LogP contribution is -2.44. The molecule has 0 aliphatic heterocycles. The first kappa shape index (κ1) is 24.2. The third-order valence-corrected chi connectivity index (χ3v) is 6.59. The quantitative estimate of drug-likeness (QED) is 0.358. The van der Waals surface area contributed by atoms with Crippen molar-refractivity contribution in [2.45, 2.75) is 25.9 Å². The second kappa shape index (κ2) is 11.4. The maximum atomic E-state index is 13.8. The predicted molar refractivity (Wildman–Crippen MR) is 139 cm³/mol. The Bertz CT molecular complexity index is 1260. The Morgan fingerprint density at radius 1 is 1.03 bits per heavy atom. The number of carbonyl (C=O) groups is 2. The highest BCUT2D eigenvalue weighted by Gasteiger charge is 2.33. The average Bonchev–Trinajstić information content (AvgIpc) is 3.40. The van der Waals surface area contributed by atoms with Crippen LogP contribution < -0.4 is 15.0 Å². The van der Waals surface area contributed by atoms with E-state index in [1.165, 1.54) is 11.3 Å². The van der Waals surface area contributed by atoms with E-state index in [4.69, 9.17) is 4.74 Å². The smallest absolute Gasteiger partial charge is 0.248 e. The molecule has 0 aliphatic carbocycles. The molecular formula is C28H27N3O3S. The molecule has 178 valence electrons. The molecule has 0 radical (unpaired) electrons. The first-order chi connectivity index (χ1) is 17.1. The molecule has 4 aromatic rings. The van der Waals surface area contributed by atoms with Crippen molar-refractivity contribution in [2.75, 3.05) is 12.0 Å². The standard InChI is InChI=1S/C28H27N3O3S/c1-20-7-3-4-10-25(20)27(28(33)30-18-21-11-13-23(34-2)14-12-21)31(22-8-5-15-29-19-22)26(32)17-24-9-6-16-35-24/h3-16,19,27H,17-18H2,1-2H3,(H,30,33)/t27-/m0/s1. The molecule has 1 N–H and O–H groups in total. The molecule has 4 rings (SSSR count). The van der Waals surface area contributed by atoms with Gasteiger partial charge in [-0.1, -0.05) is 42.5 Å². The Balaban J connectivity index is 1.69. The number of thiophene rings is 1. The molecule has 0 fully saturated rings. The summed E-state index contributed by atoms with van der Waals surface area (Å²) >= 11 is 1.52. The van der Waals surface area contributed by atoms with Gasteiger partial charge in [-0.15, -0.1) is 11.3 Å². The molecule has 1 atom stereocenters. The fourth-order valence-electron chi connectivity index (χ4n) is 3.90. The topological polar surface area (TPSA) is 71.5 Å². The van der Waals surface area contributed by atoms with Crippen LogP contribution in [0, 0.1) is 6.92 Å². The Morgan fingerprint density at radius 3 is 2.49 bits per heavy atom. The van der Waals surface area contributed by atoms with Crippen molar-refractivity contribution >= 4 is 28.8 Å². The van der Waals surface area contributed by atoms with Crippen molar-refractivity contribution < 1.29 is 14.3 Å². The van der Waals surface area contributed by atoms with Gasteiger partial charge in [-0.25, -0.2) is 0 Å². The number of hydrogen-bond acceptors (Lipinski definition) is 5. The minimum atomic E-state index is -0.855. The van der Waals surface area contributed by atoms with Gasteiger partial charge in [0.1, 0.15) is 11.8 Å². The van der Waals surface area contributed by atoms with Gasteiger partial charge in [0, 0.05) is 17.6 Å². The minimum absolute atomic E-state index is 0.173. The largest absolute Gasteiger partial charge is 0.497 e. The van der Waals surface area contributed by atoms with Crippen LogP contribution in [-0.2, 0) is 22.6 Å². The number of rotatable bonds is 9. The number of ether oxygens (including phenoxy) is 1. The maximum absolute atomic E-state index is 13.8. The molecule has 0 aliphatic rings. The lowest BCUT2D eigenvalue weighted by molar-refractivity contribution is -0.126. The zero-order chi connectivity index (χ0) is 24.6. The van der Waals surface area contributed by atoms with Crippen LogP contribution in [0.4, 0.5) is 5.69 Å². The lowest BCUT2D eigenvalue weighted by Gasteiger charge is -2.32. The highest BCUT2D eigenvalue weighted by molar-refractivity contribution is 7.10. The predicted octanol–water partition coefficient (Wildman–Crippen LogP) is 5.09. The molecule has 0 saturated carbocycles. The van der Waals surface area contributed by atoms with Crippen molar-refractivity contribution in [2.24, 2.45) is 0 Å². The number of anilines is 1. The Labute approximate surface area is 209 Å². The fourth-order valence-corrected chi connectivity index (χ4v) is 4.60. The zero-order valence-corrected chi connectivity index (χ0v) is 20.5. The lowest BCUT2D eigenvalue weighted by atomic mass is 9.98. The second-order valence-electron chi connectivity index (χ2n) is 8.06. The van der Waals surface area contributed by atoms with Crippen LogP contribution in [0.2, 0.25) is 0 Å². The Morgan fingerprint density at radius 2 is 1.83 bits per heavy atom. The van der Waals surface area contributed by atoms with Crippen molar-refractivity contribution in [3.05, 3.63) is 112 Å². The van der Waals surface area contributed by atoms with E-state index in [-0.39, 0.29) is 18.2 Å². The molecule has 0 spiro atoms. The number of pyridine rings is 1. The van der Waals surface area contributed by atoms with E-state index in [0.29, 0.717) is 12.2 Å². The number of nitrogens with one attached hydrogen (secondary N) is 1. The SMILES string of the molecule is COc1ccc(CNC(=O)[C@H](c2ccccc2C)N(C(=O)Cc2cccs2)c2cccnc2)cc1. The summed E-state index contributed by atoms with van der Waals surface area (Å²) in [5.74, 6) is 0.312. The number of hydrogen-bond donors (Lipinski definition) is 1. The first-order valence-corrected chi connectivity index (χ1v) is 12.2. The summed E-state index contributed by atoms with van der Waals surface area (Å²) in [6.07, 6.45) is 3.47. The number of nitrogens with zero attached hydrogens (tertiary/aromatic N) is 2. The van der Waals surface area contributed by atoms with Crippen LogP contribution in [0.3, 0.4) is 0 Å². The molecule has 6 nitrogen and oxygen atoms in total. The molecule has 35 heavy (non-hydrogen) atoms. The molecule has 0 unspecified atom stereocenters. The van der Waals surface area contributed by atoms with Crippen molar-refractivity contribution in [1.82, 2.24) is 10.3 Å². The van der Waals surface area contributed by atoms with Crippen LogP contribution in [0.1, 0.15) is 27.6 Å². The van der Waals surface area contributed by atoms with E-state index >= 15 is 0 Å². The normalized spacial score (nSPS) is 11.5. The summed E-state index contributed by atoms with van der Waals surface area (Å²) in [4.78, 5) is 34.2. The van der Waals surface area contributed by atoms with Gasteiger partial charge in [0.2, 0.25) is 11.8 Å². The monoisotopic (exact) mass is 485 g/mol. The van der Waals surface area contributed by atoms with Crippen LogP contribution >= 0.6 is 11.3 Å². The highest BCUT2D eigenvalue weighted by Crippen LogP contribution is 2.30. The van der Waals surface area contributed by atoms with Crippen LogP contribution in [0.15, 0.2) is 90.6 Å². The highest BCUT2D eigenvalue weighted by atomic mass is 32.1. The third kappa shape index (κ3) is 5.94. The Kier molecular flexibility index (Phi) is 7.90. The van der Waals surface area contributed by atoms with Crippen molar-refractivity contribution in [1.29, 1.82) is 0 Å². The van der Waals surface area contributed by atoms with E-state index in [1.807, 2.05) is 73.0 Å². The number of aromatic nitrogens is 1. The van der Waals surface area contributed by atoms with Gasteiger partial charge in [0.15, 0.2) is 0 Å². The number of methoxy groups -OCH3 is 1. The van der Waals surface area contributed by atoms with Gasteiger partial charge in [-0.2, -0.15) is 0 Å². The summed E-state index contributed by atoms with van der Waals surface area (Å²) < 4.78 is 5.22. The summed E-state index contributed by atoms with van der Waals surface area (Å²) in [6.45, 7) is 2.27. The van der Waals surface area contributed by atoms with Crippen molar-refractivity contribution in [3.8, 4) is 5.75 Å². The number of aryl methyl sites for hydroxylation is 1. The van der Waals surface area contributed by atoms with Gasteiger partial charge < -0.3 is 10.1 Å². The number of amides is 2. The van der Waals surface area contributed by atoms with E-state index in [0.717, 1.165) is 27.3 Å². The van der Waals surface area contributed by atoms with E-state index in [2.05, 4.69) is 10.3 Å². The summed E-state index contributed by atoms with van der Waals surface area (Å²) in [5, 5.41) is 4.98. The first-order valence-electron chi connectivity index (χ1n) is 11.3. The summed E-state index contributed by atoms with van der Waals surface area (Å²) in [5.41, 5.74) is 3.19. The Hall–Kier alpha value is -3.97. The molecule has 2 aromatic carbocycles. The van der Waals surface area contributed by atoms with Gasteiger partial charge in [-0.05, 0) is 59.3 Å². The molecular weight excluding hydrogens is 458 g/mol. The van der Waals surface area contributed by atoms with E-state index in [1.54, 1.807) is 36.5 Å². The average molecular weight is 486 g/mol. The van der Waals surface area contributed by atoms with Crippen LogP contribution in [-0.4, -0.2) is 23.9 Å². The molecule has 2 heterocycles. The number of carbonyl (C=O) groups excluding carboxylic acids is 2. The van der Waals surface area contributed by atoms with Gasteiger partial charge >= 0.3 is 0 Å². The van der Waals surface area contributed by atoms with E-state index < -0.39 is 6.04 Å². The molecule has 2 amide bonds. The fraction of sp³-hybridized carbons (Fsp3) is 0.179. The minimum Gasteiger partial charge on any atom is -0.497 e. The molecule has 0 bridgehead atoms. The van der Waals surface area contributed by atoms with Gasteiger partial charge in [0.25, 0.3) is 0 Å². The van der Waals surface area contributed by atoms with Gasteiger partial charge in [0.05, 0.1) is 25.4 Å². The van der Waals surface area contributed by atoms with Crippen LogP contribution in [0.5, 0.6) is 5.75 Å². The van der Waals surface area contributed by atoms with Gasteiger partial charge in [-0.3, -0.25) is 19.5 Å². The number of benzene rings is 2. The molecule has 0 saturated heterocycles. The third-order valence-electron chi connectivity index (χ3n) is 5.71. The summed E-state index contributed by atoms with van der Waals surface area (Å²) in [6, 6.07) is 21.7. The van der Waals surface area contributed by atoms with Crippen molar-refractivity contribution in [3.63, 3.8) is 0 Å². The maximum Gasteiger partial charge on any atom is 0.248 e. The molecule has 2 aromatic heterocycles. The second-order valence-corrected chi connectivity index (χ2v) is 9.09.